The maximum atomic E-state index is 6.80. The van der Waals surface area contributed by atoms with Crippen molar-refractivity contribution >= 4 is 17.3 Å². The number of halogens is 1. The first-order chi connectivity index (χ1) is 14.5. The number of hydrogen-bond donors (Lipinski definition) is 2. The van der Waals surface area contributed by atoms with E-state index in [1.165, 1.54) is 0 Å². The van der Waals surface area contributed by atoms with Gasteiger partial charge >= 0.3 is 0 Å². The number of fused-ring (bicyclic) bond motifs is 4. The van der Waals surface area contributed by atoms with E-state index >= 15 is 0 Å². The summed E-state index contributed by atoms with van der Waals surface area (Å²) in [5.41, 5.74) is 6.42. The fourth-order valence-electron chi connectivity index (χ4n) is 5.04. The van der Waals surface area contributed by atoms with E-state index in [4.69, 9.17) is 21.1 Å². The van der Waals surface area contributed by atoms with Crippen molar-refractivity contribution in [1.82, 2.24) is 10.4 Å². The molecule has 158 valence electrons. The second-order valence-corrected chi connectivity index (χ2v) is 9.13. The highest BCUT2D eigenvalue weighted by Crippen LogP contribution is 2.51. The Bertz CT molecular complexity index is 982. The molecule has 30 heavy (non-hydrogen) atoms. The normalized spacial score (nSPS) is 27.8. The molecule has 0 aromatic heterocycles. The first-order valence-electron chi connectivity index (χ1n) is 10.8. The molecule has 0 aliphatic carbocycles. The van der Waals surface area contributed by atoms with E-state index in [-0.39, 0.29) is 6.04 Å². The van der Waals surface area contributed by atoms with Crippen LogP contribution in [-0.2, 0) is 0 Å². The number of ether oxygens (including phenoxy) is 2. The van der Waals surface area contributed by atoms with Crippen LogP contribution >= 0.6 is 11.6 Å². The summed E-state index contributed by atoms with van der Waals surface area (Å²) in [7, 11) is 1.71. The Labute approximate surface area is 183 Å². The monoisotopic (exact) mass is 426 g/mol. The van der Waals surface area contributed by atoms with Crippen molar-refractivity contribution in [2.45, 2.75) is 44.5 Å². The number of piperidine rings is 1. The van der Waals surface area contributed by atoms with Gasteiger partial charge in [-0.25, -0.2) is 0 Å². The zero-order chi connectivity index (χ0) is 20.9. The van der Waals surface area contributed by atoms with E-state index < -0.39 is 5.72 Å². The number of para-hydroxylation sites is 1. The molecule has 0 bridgehead atoms. The van der Waals surface area contributed by atoms with Crippen LogP contribution in [0.5, 0.6) is 11.5 Å². The van der Waals surface area contributed by atoms with Gasteiger partial charge in [-0.1, -0.05) is 41.9 Å². The molecule has 2 N–H and O–H groups in total. The minimum atomic E-state index is -0.413. The second kappa shape index (κ2) is 7.49. The minimum Gasteiger partial charge on any atom is -0.493 e. The smallest absolute Gasteiger partial charge is 0.191 e. The van der Waals surface area contributed by atoms with Crippen molar-refractivity contribution in [2.24, 2.45) is 0 Å². The lowest BCUT2D eigenvalue weighted by atomic mass is 9.92. The summed E-state index contributed by atoms with van der Waals surface area (Å²) in [5, 5.41) is 3.06. The zero-order valence-electron chi connectivity index (χ0n) is 17.7. The van der Waals surface area contributed by atoms with Gasteiger partial charge in [-0.2, -0.15) is 5.01 Å². The van der Waals surface area contributed by atoms with Crippen LogP contribution in [0.4, 0.5) is 0 Å². The van der Waals surface area contributed by atoms with Crippen LogP contribution in [0.15, 0.2) is 48.5 Å². The quantitative estimate of drug-likeness (QED) is 0.788. The van der Waals surface area contributed by atoms with Crippen molar-refractivity contribution in [2.75, 3.05) is 20.2 Å². The molecule has 0 unspecified atom stereocenters. The van der Waals surface area contributed by atoms with E-state index in [2.05, 4.69) is 42.5 Å². The van der Waals surface area contributed by atoms with E-state index in [1.54, 1.807) is 12.0 Å². The Morgan fingerprint density at radius 1 is 1.17 bits per heavy atom. The molecule has 5 nitrogen and oxygen atoms in total. The number of likely N-dealkylation sites (tertiary alicyclic amines) is 1. The van der Waals surface area contributed by atoms with Gasteiger partial charge in [0.05, 0.1) is 50.8 Å². The molecule has 1 spiro atoms. The van der Waals surface area contributed by atoms with Gasteiger partial charge in [0, 0.05) is 16.1 Å². The van der Waals surface area contributed by atoms with Gasteiger partial charge in [0.25, 0.3) is 0 Å². The summed E-state index contributed by atoms with van der Waals surface area (Å²) >= 11 is 6.53. The first kappa shape index (κ1) is 19.7. The third kappa shape index (κ3) is 3.08. The van der Waals surface area contributed by atoms with Crippen LogP contribution in [-0.4, -0.2) is 37.0 Å². The van der Waals surface area contributed by atoms with Crippen molar-refractivity contribution in [3.63, 3.8) is 0 Å². The van der Waals surface area contributed by atoms with Gasteiger partial charge in [-0.15, -0.1) is 0 Å². The van der Waals surface area contributed by atoms with Crippen LogP contribution < -0.4 is 19.8 Å². The Morgan fingerprint density at radius 2 is 1.93 bits per heavy atom. The Morgan fingerprint density at radius 3 is 2.63 bits per heavy atom. The van der Waals surface area contributed by atoms with Gasteiger partial charge in [0.15, 0.2) is 17.2 Å². The van der Waals surface area contributed by atoms with E-state index in [0.717, 1.165) is 59.3 Å². The number of rotatable bonds is 3. The van der Waals surface area contributed by atoms with E-state index in [1.807, 2.05) is 30.3 Å². The fraction of sp³-hybridized carbons (Fsp3) is 0.417. The van der Waals surface area contributed by atoms with Gasteiger partial charge < -0.3 is 19.8 Å². The second-order valence-electron chi connectivity index (χ2n) is 8.73. The predicted octanol–water partition coefficient (Wildman–Crippen LogP) is 3.43. The molecule has 0 amide bonds. The highest BCUT2D eigenvalue weighted by Gasteiger charge is 2.53. The maximum absolute atomic E-state index is 6.80. The van der Waals surface area contributed by atoms with Crippen LogP contribution in [0, 0.1) is 0 Å². The largest absolute Gasteiger partial charge is 0.493 e. The molecule has 2 aromatic carbocycles. The first-order valence-corrected chi connectivity index (χ1v) is 11.1. The summed E-state index contributed by atoms with van der Waals surface area (Å²) in [6.45, 7) is 6.74. The van der Waals surface area contributed by atoms with Gasteiger partial charge in [-0.3, -0.25) is 0 Å². The summed E-state index contributed by atoms with van der Waals surface area (Å²) in [6.07, 6.45) is 4.17. The molecule has 5 rings (SSSR count). The van der Waals surface area contributed by atoms with Crippen molar-refractivity contribution in [1.29, 1.82) is 0 Å². The predicted molar refractivity (Wildman–Crippen MR) is 119 cm³/mol. The number of methoxy groups -OCH3 is 1. The number of quaternary nitrogens is 1. The number of nitrogens with zero attached hydrogens (tertiary/aromatic N) is 1. The molecule has 3 aliphatic rings. The van der Waals surface area contributed by atoms with E-state index in [9.17, 15) is 0 Å². The molecular formula is C24H29ClN3O2+. The molecule has 3 aliphatic heterocycles. The average Bonchev–Trinajstić information content (AvgIpc) is 3.21. The van der Waals surface area contributed by atoms with Crippen LogP contribution in [0.3, 0.4) is 0 Å². The minimum absolute atomic E-state index is 0.0655. The van der Waals surface area contributed by atoms with E-state index in [0.29, 0.717) is 6.04 Å². The van der Waals surface area contributed by atoms with Crippen molar-refractivity contribution in [3.8, 4) is 11.5 Å². The molecule has 6 heteroatoms. The molecule has 1 atom stereocenters. The average molecular weight is 427 g/mol. The lowest BCUT2D eigenvalue weighted by molar-refractivity contribution is -0.929. The van der Waals surface area contributed by atoms with Gasteiger partial charge in [0.2, 0.25) is 0 Å². The van der Waals surface area contributed by atoms with Crippen LogP contribution in [0.1, 0.15) is 43.9 Å². The van der Waals surface area contributed by atoms with Crippen LogP contribution in [0.2, 0.25) is 5.02 Å². The third-order valence-corrected chi connectivity index (χ3v) is 7.11. The fourth-order valence-corrected chi connectivity index (χ4v) is 5.28. The summed E-state index contributed by atoms with van der Waals surface area (Å²) in [5.74, 6) is 1.66. The topological polar surface area (TPSA) is 38.2 Å². The molecule has 3 heterocycles. The Balaban J connectivity index is 1.58. The summed E-state index contributed by atoms with van der Waals surface area (Å²) < 4.78 is 12.5. The standard InChI is InChI=1S/C24H28ClN3O2/c1-16(2)27-13-11-24(12-14-27)28-21(18-8-6-10-22(29-3)23(18)30-24)15-20(26-28)17-7-4-5-9-19(17)25/h4-10,15-16,21,26H,11-14H2,1-3H3/p+1/t21-/m1/s1. The Hall–Kier alpha value is -2.21. The summed E-state index contributed by atoms with van der Waals surface area (Å²) in [6, 6.07) is 14.8. The molecule has 1 saturated heterocycles. The van der Waals surface area contributed by atoms with Crippen LogP contribution in [0.25, 0.3) is 5.70 Å². The molecule has 0 radical (unpaired) electrons. The number of hydrogen-bond acceptors (Lipinski definition) is 4. The highest BCUT2D eigenvalue weighted by molar-refractivity contribution is 6.32. The van der Waals surface area contributed by atoms with Gasteiger partial charge in [0.1, 0.15) is 0 Å². The number of benzene rings is 2. The summed E-state index contributed by atoms with van der Waals surface area (Å²) in [4.78, 5) is 1.63. The highest BCUT2D eigenvalue weighted by atomic mass is 35.5. The van der Waals surface area contributed by atoms with Crippen molar-refractivity contribution in [3.05, 3.63) is 64.7 Å². The van der Waals surface area contributed by atoms with Crippen molar-refractivity contribution < 1.29 is 14.4 Å². The molecule has 2 aromatic rings. The molecular weight excluding hydrogens is 398 g/mol. The number of hydrazine groups is 1. The molecule has 1 fully saturated rings. The molecule has 0 saturated carbocycles. The Kier molecular flexibility index (Phi) is 4.92. The SMILES string of the molecule is COc1cccc2c1OC1(CC[NH+](C(C)C)CC1)N1NC(c3ccccc3Cl)=C[C@H]21. The number of nitrogens with one attached hydrogen (secondary N) is 2. The lowest BCUT2D eigenvalue weighted by Gasteiger charge is -2.51. The maximum Gasteiger partial charge on any atom is 0.191 e. The van der Waals surface area contributed by atoms with Gasteiger partial charge in [-0.05, 0) is 32.1 Å². The lowest BCUT2D eigenvalue weighted by Crippen LogP contribution is -3.16. The zero-order valence-corrected chi connectivity index (χ0v) is 18.5. The third-order valence-electron chi connectivity index (χ3n) is 6.78.